The van der Waals surface area contributed by atoms with E-state index in [1.165, 1.54) is 12.2 Å². The van der Waals surface area contributed by atoms with Crippen LogP contribution in [0.15, 0.2) is 0 Å². The molecule has 3 unspecified atom stereocenters. The van der Waals surface area contributed by atoms with Gasteiger partial charge in [0.05, 0.1) is 0 Å². The van der Waals surface area contributed by atoms with Crippen LogP contribution in [0.2, 0.25) is 0 Å². The lowest BCUT2D eigenvalue weighted by Crippen LogP contribution is -2.50. The van der Waals surface area contributed by atoms with Crippen LogP contribution >= 0.6 is 11.8 Å². The number of carbonyl (C=O) groups excluding carboxylic acids is 1. The molecule has 0 aliphatic carbocycles. The Morgan fingerprint density at radius 2 is 2.05 bits per heavy atom. The normalized spacial score (nSPS) is 24.8. The van der Waals surface area contributed by atoms with E-state index in [9.17, 15) is 4.79 Å². The van der Waals surface area contributed by atoms with Crippen molar-refractivity contribution in [2.24, 2.45) is 5.92 Å². The summed E-state index contributed by atoms with van der Waals surface area (Å²) in [6, 6.07) is 0.835. The summed E-state index contributed by atoms with van der Waals surface area (Å²) in [7, 11) is 0. The first-order valence-electron chi connectivity index (χ1n) is 7.53. The van der Waals surface area contributed by atoms with Gasteiger partial charge in [-0.2, -0.15) is 11.8 Å². The van der Waals surface area contributed by atoms with Gasteiger partial charge in [0.2, 0.25) is 0 Å². The Bertz CT molecular complexity index is 315. The number of alkyl carbamates (subject to hydrolysis) is 1. The number of amides is 1. The fourth-order valence-electron chi connectivity index (χ4n) is 2.22. The molecule has 0 bridgehead atoms. The molecule has 0 spiro atoms. The summed E-state index contributed by atoms with van der Waals surface area (Å²) < 4.78 is 5.28. The highest BCUT2D eigenvalue weighted by molar-refractivity contribution is 8.00. The van der Waals surface area contributed by atoms with Gasteiger partial charge >= 0.3 is 6.09 Å². The van der Waals surface area contributed by atoms with Crippen LogP contribution in [-0.4, -0.2) is 41.3 Å². The smallest absolute Gasteiger partial charge is 0.407 e. The first-order valence-corrected chi connectivity index (χ1v) is 8.58. The molecule has 1 aliphatic rings. The predicted octanol–water partition coefficient (Wildman–Crippen LogP) is 3.02. The molecule has 1 amide bonds. The highest BCUT2D eigenvalue weighted by Crippen LogP contribution is 2.26. The largest absolute Gasteiger partial charge is 0.444 e. The second kappa shape index (κ2) is 7.55. The first kappa shape index (κ1) is 17.6. The van der Waals surface area contributed by atoms with Crippen LogP contribution in [0.5, 0.6) is 0 Å². The van der Waals surface area contributed by atoms with Crippen LogP contribution in [0.1, 0.15) is 48.0 Å². The van der Waals surface area contributed by atoms with Crippen molar-refractivity contribution in [2.45, 2.75) is 70.9 Å². The van der Waals surface area contributed by atoms with Crippen molar-refractivity contribution < 1.29 is 9.53 Å². The van der Waals surface area contributed by atoms with Crippen LogP contribution in [0, 0.1) is 5.92 Å². The zero-order valence-electron chi connectivity index (χ0n) is 13.7. The van der Waals surface area contributed by atoms with Crippen molar-refractivity contribution in [3.05, 3.63) is 0 Å². The summed E-state index contributed by atoms with van der Waals surface area (Å²) >= 11 is 2.02. The van der Waals surface area contributed by atoms with E-state index in [0.717, 1.165) is 0 Å². The van der Waals surface area contributed by atoms with Crippen LogP contribution in [0.3, 0.4) is 0 Å². The lowest BCUT2D eigenvalue weighted by molar-refractivity contribution is 0.0518. The van der Waals surface area contributed by atoms with E-state index < -0.39 is 5.60 Å². The van der Waals surface area contributed by atoms with E-state index in [1.54, 1.807) is 0 Å². The van der Waals surface area contributed by atoms with Crippen LogP contribution in [-0.2, 0) is 4.74 Å². The Kier molecular flexibility index (Phi) is 6.65. The zero-order chi connectivity index (χ0) is 15.3. The maximum absolute atomic E-state index is 11.7. The molecule has 3 atom stereocenters. The molecule has 1 heterocycles. The molecule has 5 heteroatoms. The van der Waals surface area contributed by atoms with E-state index in [-0.39, 0.29) is 12.1 Å². The summed E-state index contributed by atoms with van der Waals surface area (Å²) in [4.78, 5) is 11.7. The third kappa shape index (κ3) is 6.35. The highest BCUT2D eigenvalue weighted by atomic mass is 32.2. The predicted molar refractivity (Wildman–Crippen MR) is 86.3 cm³/mol. The van der Waals surface area contributed by atoms with Crippen molar-refractivity contribution in [1.82, 2.24) is 10.6 Å². The quantitative estimate of drug-likeness (QED) is 0.819. The molecular formula is C15H30N2O2S. The van der Waals surface area contributed by atoms with Gasteiger partial charge in [0.15, 0.2) is 0 Å². The third-order valence-electron chi connectivity index (χ3n) is 3.47. The van der Waals surface area contributed by atoms with Crippen molar-refractivity contribution in [1.29, 1.82) is 0 Å². The first-order chi connectivity index (χ1) is 9.19. The minimum atomic E-state index is -0.443. The SMILES string of the molecule is CC(C)C(CNC(=O)OC(C)(C)C)NC1CCSC1C. The number of nitrogens with one attached hydrogen (secondary N) is 2. The van der Waals surface area contributed by atoms with E-state index in [4.69, 9.17) is 4.74 Å². The second-order valence-electron chi connectivity index (χ2n) is 6.87. The topological polar surface area (TPSA) is 50.4 Å². The van der Waals surface area contributed by atoms with Gasteiger partial charge in [0, 0.05) is 23.9 Å². The molecule has 0 aromatic carbocycles. The van der Waals surface area contributed by atoms with Gasteiger partial charge in [-0.1, -0.05) is 20.8 Å². The average molecular weight is 302 g/mol. The van der Waals surface area contributed by atoms with Crippen LogP contribution in [0.25, 0.3) is 0 Å². The summed E-state index contributed by atoms with van der Waals surface area (Å²) in [5.41, 5.74) is -0.443. The minimum Gasteiger partial charge on any atom is -0.444 e. The fraction of sp³-hybridized carbons (Fsp3) is 0.933. The molecular weight excluding hydrogens is 272 g/mol. The molecule has 118 valence electrons. The van der Waals surface area contributed by atoms with Gasteiger partial charge in [0.25, 0.3) is 0 Å². The minimum absolute atomic E-state index is 0.286. The summed E-state index contributed by atoms with van der Waals surface area (Å²) in [6.07, 6.45) is 0.875. The van der Waals surface area contributed by atoms with Gasteiger partial charge in [-0.25, -0.2) is 4.79 Å². The average Bonchev–Trinajstić information content (AvgIpc) is 2.67. The lowest BCUT2D eigenvalue weighted by Gasteiger charge is -2.29. The zero-order valence-corrected chi connectivity index (χ0v) is 14.5. The maximum atomic E-state index is 11.7. The van der Waals surface area contributed by atoms with Gasteiger partial charge in [-0.15, -0.1) is 0 Å². The van der Waals surface area contributed by atoms with E-state index in [0.29, 0.717) is 23.8 Å². The molecule has 1 fully saturated rings. The Labute approximate surface area is 127 Å². The van der Waals surface area contributed by atoms with E-state index >= 15 is 0 Å². The highest BCUT2D eigenvalue weighted by Gasteiger charge is 2.27. The van der Waals surface area contributed by atoms with Crippen molar-refractivity contribution in [3.8, 4) is 0 Å². The number of rotatable bonds is 5. The van der Waals surface area contributed by atoms with E-state index in [1.807, 2.05) is 32.5 Å². The molecule has 0 radical (unpaired) electrons. The third-order valence-corrected chi connectivity index (χ3v) is 4.80. The van der Waals surface area contributed by atoms with Gasteiger partial charge in [-0.05, 0) is 38.9 Å². The molecule has 4 nitrogen and oxygen atoms in total. The maximum Gasteiger partial charge on any atom is 0.407 e. The molecule has 20 heavy (non-hydrogen) atoms. The van der Waals surface area contributed by atoms with Crippen molar-refractivity contribution >= 4 is 17.9 Å². The van der Waals surface area contributed by atoms with Crippen LogP contribution < -0.4 is 10.6 Å². The monoisotopic (exact) mass is 302 g/mol. The van der Waals surface area contributed by atoms with Crippen LogP contribution in [0.4, 0.5) is 4.79 Å². The van der Waals surface area contributed by atoms with Gasteiger partial charge < -0.3 is 15.4 Å². The number of hydrogen-bond donors (Lipinski definition) is 2. The molecule has 1 rings (SSSR count). The van der Waals surface area contributed by atoms with E-state index in [2.05, 4.69) is 31.4 Å². The number of ether oxygens (including phenoxy) is 1. The molecule has 0 aromatic heterocycles. The number of hydrogen-bond acceptors (Lipinski definition) is 4. The number of thioether (sulfide) groups is 1. The number of carbonyl (C=O) groups is 1. The summed E-state index contributed by atoms with van der Waals surface area (Å²) in [5, 5.41) is 7.22. The summed E-state index contributed by atoms with van der Waals surface area (Å²) in [5.74, 6) is 1.70. The Hall–Kier alpha value is -0.420. The molecule has 0 aromatic rings. The summed E-state index contributed by atoms with van der Waals surface area (Å²) in [6.45, 7) is 12.9. The lowest BCUT2D eigenvalue weighted by atomic mass is 10.0. The van der Waals surface area contributed by atoms with Gasteiger partial charge in [-0.3, -0.25) is 0 Å². The van der Waals surface area contributed by atoms with Gasteiger partial charge in [0.1, 0.15) is 5.60 Å². The molecule has 2 N–H and O–H groups in total. The standard InChI is InChI=1S/C15H30N2O2S/c1-10(2)13(17-12-7-8-20-11(12)3)9-16-14(18)19-15(4,5)6/h10-13,17H,7-9H2,1-6H3,(H,16,18). The fourth-order valence-corrected chi connectivity index (χ4v) is 3.43. The Morgan fingerprint density at radius 3 is 2.50 bits per heavy atom. The molecule has 1 saturated heterocycles. The van der Waals surface area contributed by atoms with Crippen molar-refractivity contribution in [3.63, 3.8) is 0 Å². The van der Waals surface area contributed by atoms with Crippen molar-refractivity contribution in [2.75, 3.05) is 12.3 Å². The molecule has 1 aliphatic heterocycles. The Balaban J connectivity index is 2.41. The Morgan fingerprint density at radius 1 is 1.40 bits per heavy atom. The molecule has 0 saturated carbocycles. The second-order valence-corrected chi connectivity index (χ2v) is 8.36.